The second-order valence-corrected chi connectivity index (χ2v) is 6.96. The number of hydrogen-bond acceptors (Lipinski definition) is 2. The van der Waals surface area contributed by atoms with Gasteiger partial charge >= 0.3 is 0 Å². The van der Waals surface area contributed by atoms with Gasteiger partial charge in [-0.3, -0.25) is 9.59 Å². The molecule has 5 heteroatoms. The van der Waals surface area contributed by atoms with Crippen molar-refractivity contribution in [2.24, 2.45) is 5.92 Å². The predicted octanol–water partition coefficient (Wildman–Crippen LogP) is 3.10. The van der Waals surface area contributed by atoms with Crippen molar-refractivity contribution in [3.8, 4) is 0 Å². The van der Waals surface area contributed by atoms with Crippen LogP contribution in [0.15, 0.2) is 48.5 Å². The van der Waals surface area contributed by atoms with Crippen LogP contribution in [0.2, 0.25) is 0 Å². The van der Waals surface area contributed by atoms with Crippen LogP contribution in [0, 0.1) is 11.7 Å². The second kappa shape index (κ2) is 7.68. The average molecular weight is 354 g/mol. The van der Waals surface area contributed by atoms with Crippen LogP contribution in [0.1, 0.15) is 25.0 Å². The summed E-state index contributed by atoms with van der Waals surface area (Å²) in [5.41, 5.74) is 2.79. The molecule has 0 spiro atoms. The second-order valence-electron chi connectivity index (χ2n) is 6.96. The SMILES string of the molecule is CC(C)[C@H](NC(=O)Cc1ccc(F)cc1)C(=O)N1CCc2ccccc21. The fourth-order valence-electron chi connectivity index (χ4n) is 3.26. The summed E-state index contributed by atoms with van der Waals surface area (Å²) in [5.74, 6) is -0.696. The van der Waals surface area contributed by atoms with E-state index in [1.165, 1.54) is 12.1 Å². The number of nitrogens with zero attached hydrogens (tertiary/aromatic N) is 1. The molecule has 2 aromatic carbocycles. The molecule has 0 fully saturated rings. The zero-order valence-corrected chi connectivity index (χ0v) is 15.0. The first-order valence-electron chi connectivity index (χ1n) is 8.89. The number of amides is 2. The van der Waals surface area contributed by atoms with Crippen LogP contribution < -0.4 is 10.2 Å². The Morgan fingerprint density at radius 2 is 1.81 bits per heavy atom. The van der Waals surface area contributed by atoms with Gasteiger partial charge < -0.3 is 10.2 Å². The van der Waals surface area contributed by atoms with Crippen LogP contribution in [0.5, 0.6) is 0 Å². The van der Waals surface area contributed by atoms with Gasteiger partial charge in [0.2, 0.25) is 11.8 Å². The van der Waals surface area contributed by atoms with Gasteiger partial charge in [0.25, 0.3) is 0 Å². The van der Waals surface area contributed by atoms with Gasteiger partial charge in [-0.05, 0) is 41.7 Å². The highest BCUT2D eigenvalue weighted by molar-refractivity contribution is 6.01. The topological polar surface area (TPSA) is 49.4 Å². The Balaban J connectivity index is 1.70. The maximum atomic E-state index is 13.0. The maximum Gasteiger partial charge on any atom is 0.249 e. The van der Waals surface area contributed by atoms with Gasteiger partial charge in [0.05, 0.1) is 6.42 Å². The molecule has 26 heavy (non-hydrogen) atoms. The van der Waals surface area contributed by atoms with E-state index in [0.29, 0.717) is 12.1 Å². The van der Waals surface area contributed by atoms with Crippen molar-refractivity contribution in [2.45, 2.75) is 32.7 Å². The van der Waals surface area contributed by atoms with E-state index in [1.807, 2.05) is 38.1 Å². The smallest absolute Gasteiger partial charge is 0.249 e. The number of fused-ring (bicyclic) bond motifs is 1. The Morgan fingerprint density at radius 3 is 2.50 bits per heavy atom. The molecular formula is C21H23FN2O2. The molecular weight excluding hydrogens is 331 g/mol. The monoisotopic (exact) mass is 354 g/mol. The van der Waals surface area contributed by atoms with E-state index in [0.717, 1.165) is 17.7 Å². The number of nitrogens with one attached hydrogen (secondary N) is 1. The fraction of sp³-hybridized carbons (Fsp3) is 0.333. The third-order valence-corrected chi connectivity index (χ3v) is 4.68. The quantitative estimate of drug-likeness (QED) is 0.897. The van der Waals surface area contributed by atoms with Crippen molar-refractivity contribution >= 4 is 17.5 Å². The number of carbonyl (C=O) groups excluding carboxylic acids is 2. The van der Waals surface area contributed by atoms with Crippen LogP contribution in [-0.4, -0.2) is 24.4 Å². The molecule has 1 heterocycles. The highest BCUT2D eigenvalue weighted by Gasteiger charge is 2.32. The zero-order chi connectivity index (χ0) is 18.7. The van der Waals surface area contributed by atoms with Crippen molar-refractivity contribution in [2.75, 3.05) is 11.4 Å². The summed E-state index contributed by atoms with van der Waals surface area (Å²) < 4.78 is 13.0. The van der Waals surface area contributed by atoms with Crippen molar-refractivity contribution in [1.29, 1.82) is 0 Å². The molecule has 0 unspecified atom stereocenters. The van der Waals surface area contributed by atoms with E-state index < -0.39 is 6.04 Å². The molecule has 0 radical (unpaired) electrons. The van der Waals surface area contributed by atoms with Gasteiger partial charge in [-0.2, -0.15) is 0 Å². The summed E-state index contributed by atoms with van der Waals surface area (Å²) in [6, 6.07) is 13.1. The zero-order valence-electron chi connectivity index (χ0n) is 15.0. The molecule has 2 amide bonds. The Labute approximate surface area is 153 Å². The molecule has 4 nitrogen and oxygen atoms in total. The first-order valence-corrected chi connectivity index (χ1v) is 8.89. The van der Waals surface area contributed by atoms with Crippen molar-refractivity contribution in [1.82, 2.24) is 5.32 Å². The lowest BCUT2D eigenvalue weighted by atomic mass is 10.0. The van der Waals surface area contributed by atoms with Crippen molar-refractivity contribution in [3.05, 3.63) is 65.5 Å². The lowest BCUT2D eigenvalue weighted by Crippen LogP contribution is -2.51. The number of carbonyl (C=O) groups is 2. The molecule has 0 aliphatic carbocycles. The average Bonchev–Trinajstić information content (AvgIpc) is 3.05. The minimum atomic E-state index is -0.589. The molecule has 1 aliphatic rings. The fourth-order valence-corrected chi connectivity index (χ4v) is 3.26. The molecule has 0 saturated heterocycles. The summed E-state index contributed by atoms with van der Waals surface area (Å²) in [7, 11) is 0. The summed E-state index contributed by atoms with van der Waals surface area (Å²) in [4.78, 5) is 27.2. The van der Waals surface area contributed by atoms with Gasteiger partial charge in [-0.15, -0.1) is 0 Å². The summed E-state index contributed by atoms with van der Waals surface area (Å²) in [6.45, 7) is 4.47. The van der Waals surface area contributed by atoms with Crippen LogP contribution in [0.25, 0.3) is 0 Å². The Hall–Kier alpha value is -2.69. The third-order valence-electron chi connectivity index (χ3n) is 4.68. The number of rotatable bonds is 5. The van der Waals surface area contributed by atoms with Crippen molar-refractivity contribution in [3.63, 3.8) is 0 Å². The van der Waals surface area contributed by atoms with Gasteiger partial charge in [0.15, 0.2) is 0 Å². The standard InChI is InChI=1S/C21H23FN2O2/c1-14(2)20(23-19(25)13-15-7-9-17(22)10-8-15)21(26)24-12-11-16-5-3-4-6-18(16)24/h3-10,14,20H,11-13H2,1-2H3,(H,23,25)/t20-/m0/s1. The van der Waals surface area contributed by atoms with Gasteiger partial charge in [0, 0.05) is 12.2 Å². The van der Waals surface area contributed by atoms with Crippen LogP contribution >= 0.6 is 0 Å². The van der Waals surface area contributed by atoms with E-state index in [1.54, 1.807) is 17.0 Å². The summed E-state index contributed by atoms with van der Waals surface area (Å²) in [5, 5.41) is 2.86. The molecule has 1 N–H and O–H groups in total. The molecule has 0 saturated carbocycles. The highest BCUT2D eigenvalue weighted by Crippen LogP contribution is 2.28. The van der Waals surface area contributed by atoms with Crippen LogP contribution in [0.4, 0.5) is 10.1 Å². The third kappa shape index (κ3) is 3.93. The summed E-state index contributed by atoms with van der Waals surface area (Å²) >= 11 is 0. The Bertz CT molecular complexity index is 802. The first-order chi connectivity index (χ1) is 12.5. The van der Waals surface area contributed by atoms with Gasteiger partial charge in [-0.25, -0.2) is 4.39 Å². The maximum absolute atomic E-state index is 13.0. The predicted molar refractivity (Wildman–Crippen MR) is 99.4 cm³/mol. The number of halogens is 1. The van der Waals surface area contributed by atoms with Crippen molar-refractivity contribution < 1.29 is 14.0 Å². The molecule has 1 atom stereocenters. The van der Waals surface area contributed by atoms with E-state index in [2.05, 4.69) is 5.32 Å². The lowest BCUT2D eigenvalue weighted by molar-refractivity contribution is -0.128. The van der Waals surface area contributed by atoms with Gasteiger partial charge in [0.1, 0.15) is 11.9 Å². The van der Waals surface area contributed by atoms with Gasteiger partial charge in [-0.1, -0.05) is 44.2 Å². The highest BCUT2D eigenvalue weighted by atomic mass is 19.1. The molecule has 136 valence electrons. The number of anilines is 1. The lowest BCUT2D eigenvalue weighted by Gasteiger charge is -2.27. The minimum Gasteiger partial charge on any atom is -0.344 e. The number of hydrogen-bond donors (Lipinski definition) is 1. The summed E-state index contributed by atoms with van der Waals surface area (Å²) in [6.07, 6.45) is 0.948. The number of benzene rings is 2. The number of para-hydroxylation sites is 1. The van der Waals surface area contributed by atoms with E-state index in [4.69, 9.17) is 0 Å². The first kappa shape index (κ1) is 18.1. The molecule has 0 bridgehead atoms. The van der Waals surface area contributed by atoms with Crippen LogP contribution in [0.3, 0.4) is 0 Å². The normalized spacial score (nSPS) is 14.2. The Kier molecular flexibility index (Phi) is 5.35. The molecule has 3 rings (SSSR count). The molecule has 1 aliphatic heterocycles. The van der Waals surface area contributed by atoms with E-state index >= 15 is 0 Å². The molecule has 2 aromatic rings. The van der Waals surface area contributed by atoms with Crippen LogP contribution in [-0.2, 0) is 22.4 Å². The Morgan fingerprint density at radius 1 is 1.12 bits per heavy atom. The largest absolute Gasteiger partial charge is 0.344 e. The minimum absolute atomic E-state index is 0.0348. The molecule has 0 aromatic heterocycles. The van der Waals surface area contributed by atoms with E-state index in [-0.39, 0.29) is 30.0 Å². The van der Waals surface area contributed by atoms with E-state index in [9.17, 15) is 14.0 Å².